The van der Waals surface area contributed by atoms with E-state index in [1.54, 1.807) is 13.3 Å². The van der Waals surface area contributed by atoms with Crippen molar-refractivity contribution in [3.8, 4) is 0 Å². The minimum absolute atomic E-state index is 0.171. The summed E-state index contributed by atoms with van der Waals surface area (Å²) in [6.45, 7) is 5.62. The van der Waals surface area contributed by atoms with Crippen LogP contribution in [0.2, 0.25) is 5.28 Å². The van der Waals surface area contributed by atoms with Crippen LogP contribution in [0.3, 0.4) is 0 Å². The standard InChI is InChI=1S/C20H22ClN5O3S/c1-13-15-17(26-9-7-25(8-10-26)14-5-3-4-6-22-14)23-20(21)24-18(15)30-16(13)19(27)29-12-11-28-2/h3-6H,7-12H2,1-2H3. The quantitative estimate of drug-likeness (QED) is 0.324. The van der Waals surface area contributed by atoms with E-state index in [0.29, 0.717) is 16.3 Å². The molecule has 0 aliphatic carbocycles. The Bertz CT molecular complexity index is 1040. The molecule has 0 radical (unpaired) electrons. The Balaban J connectivity index is 1.59. The van der Waals surface area contributed by atoms with Gasteiger partial charge in [0.25, 0.3) is 0 Å². The van der Waals surface area contributed by atoms with Crippen LogP contribution in [0.15, 0.2) is 24.4 Å². The molecule has 0 spiro atoms. The van der Waals surface area contributed by atoms with Gasteiger partial charge in [0, 0.05) is 39.5 Å². The van der Waals surface area contributed by atoms with Crippen molar-refractivity contribution < 1.29 is 14.3 Å². The van der Waals surface area contributed by atoms with Crippen molar-refractivity contribution in [2.24, 2.45) is 0 Å². The lowest BCUT2D eigenvalue weighted by molar-refractivity contribution is 0.0393. The summed E-state index contributed by atoms with van der Waals surface area (Å²) in [5.41, 5.74) is 0.816. The largest absolute Gasteiger partial charge is 0.459 e. The SMILES string of the molecule is COCCOC(=O)c1sc2nc(Cl)nc(N3CCN(c4ccccn4)CC3)c2c1C. The van der Waals surface area contributed by atoms with E-state index in [2.05, 4.69) is 24.8 Å². The number of aryl methyl sites for hydroxylation is 1. The van der Waals surface area contributed by atoms with Gasteiger partial charge in [-0.1, -0.05) is 6.07 Å². The molecule has 0 atom stereocenters. The Morgan fingerprint density at radius 3 is 2.63 bits per heavy atom. The predicted octanol–water partition coefficient (Wildman–Crippen LogP) is 3.18. The topological polar surface area (TPSA) is 80.7 Å². The third kappa shape index (κ3) is 4.19. The maximum absolute atomic E-state index is 12.5. The van der Waals surface area contributed by atoms with Crippen molar-refractivity contribution >= 4 is 50.8 Å². The van der Waals surface area contributed by atoms with Gasteiger partial charge in [0.15, 0.2) is 0 Å². The van der Waals surface area contributed by atoms with Crippen LogP contribution in [0.25, 0.3) is 10.2 Å². The molecule has 4 rings (SSSR count). The normalized spacial score (nSPS) is 14.4. The number of ether oxygens (including phenoxy) is 2. The van der Waals surface area contributed by atoms with Gasteiger partial charge in [-0.3, -0.25) is 0 Å². The summed E-state index contributed by atoms with van der Waals surface area (Å²) >= 11 is 7.50. The molecule has 8 nitrogen and oxygen atoms in total. The van der Waals surface area contributed by atoms with Gasteiger partial charge in [0.2, 0.25) is 5.28 Å². The lowest BCUT2D eigenvalue weighted by Crippen LogP contribution is -2.47. The second-order valence-corrected chi connectivity index (χ2v) is 8.18. The first-order valence-corrected chi connectivity index (χ1v) is 10.8. The number of hydrogen-bond acceptors (Lipinski definition) is 9. The van der Waals surface area contributed by atoms with E-state index in [1.165, 1.54) is 11.3 Å². The average Bonchev–Trinajstić information content (AvgIpc) is 3.10. The number of esters is 1. The van der Waals surface area contributed by atoms with Crippen molar-refractivity contribution in [1.29, 1.82) is 0 Å². The zero-order chi connectivity index (χ0) is 21.1. The zero-order valence-electron chi connectivity index (χ0n) is 16.8. The Kier molecular flexibility index (Phi) is 6.31. The molecule has 0 N–H and O–H groups in total. The maximum Gasteiger partial charge on any atom is 0.348 e. The summed E-state index contributed by atoms with van der Waals surface area (Å²) in [6.07, 6.45) is 1.80. The van der Waals surface area contributed by atoms with Gasteiger partial charge in [-0.2, -0.15) is 4.98 Å². The van der Waals surface area contributed by atoms with Crippen LogP contribution in [0.1, 0.15) is 15.2 Å². The van der Waals surface area contributed by atoms with Crippen LogP contribution in [-0.2, 0) is 9.47 Å². The van der Waals surface area contributed by atoms with E-state index in [-0.39, 0.29) is 17.9 Å². The van der Waals surface area contributed by atoms with Gasteiger partial charge in [-0.25, -0.2) is 14.8 Å². The van der Waals surface area contributed by atoms with Crippen LogP contribution in [-0.4, -0.2) is 67.4 Å². The fourth-order valence-electron chi connectivity index (χ4n) is 3.49. The second kappa shape index (κ2) is 9.11. The highest BCUT2D eigenvalue weighted by Gasteiger charge is 2.26. The lowest BCUT2D eigenvalue weighted by Gasteiger charge is -2.36. The van der Waals surface area contributed by atoms with E-state index in [0.717, 1.165) is 48.8 Å². The third-order valence-corrected chi connectivity index (χ3v) is 6.34. The van der Waals surface area contributed by atoms with E-state index in [9.17, 15) is 4.79 Å². The Hall–Kier alpha value is -2.49. The molecule has 10 heteroatoms. The molecule has 0 saturated carbocycles. The van der Waals surface area contributed by atoms with Crippen LogP contribution in [0, 0.1) is 6.92 Å². The Morgan fingerprint density at radius 2 is 1.93 bits per heavy atom. The molecular weight excluding hydrogens is 426 g/mol. The first-order chi connectivity index (χ1) is 14.6. The number of carbonyl (C=O) groups excluding carboxylic acids is 1. The van der Waals surface area contributed by atoms with E-state index < -0.39 is 0 Å². The van der Waals surface area contributed by atoms with Crippen LogP contribution < -0.4 is 9.80 Å². The Morgan fingerprint density at radius 1 is 1.17 bits per heavy atom. The molecule has 0 unspecified atom stereocenters. The average molecular weight is 448 g/mol. The highest BCUT2D eigenvalue weighted by Crippen LogP contribution is 2.37. The summed E-state index contributed by atoms with van der Waals surface area (Å²) in [5, 5.41) is 1.03. The number of pyridine rings is 1. The number of fused-ring (bicyclic) bond motifs is 1. The summed E-state index contributed by atoms with van der Waals surface area (Å²) in [5.74, 6) is 1.35. The molecular formula is C20H22ClN5O3S. The number of halogens is 1. The molecule has 158 valence electrons. The number of thiophene rings is 1. The molecule has 1 aliphatic rings. The van der Waals surface area contributed by atoms with Crippen molar-refractivity contribution in [3.05, 3.63) is 40.1 Å². The van der Waals surface area contributed by atoms with Crippen molar-refractivity contribution in [1.82, 2.24) is 15.0 Å². The molecule has 30 heavy (non-hydrogen) atoms. The molecule has 1 fully saturated rings. The van der Waals surface area contributed by atoms with Crippen molar-refractivity contribution in [2.75, 3.05) is 56.3 Å². The summed E-state index contributed by atoms with van der Waals surface area (Å²) in [6, 6.07) is 5.92. The van der Waals surface area contributed by atoms with Gasteiger partial charge in [0.1, 0.15) is 28.0 Å². The summed E-state index contributed by atoms with van der Waals surface area (Å²) in [7, 11) is 1.57. The molecule has 4 heterocycles. The van der Waals surface area contributed by atoms with Crippen LogP contribution >= 0.6 is 22.9 Å². The highest BCUT2D eigenvalue weighted by molar-refractivity contribution is 7.20. The number of anilines is 2. The van der Waals surface area contributed by atoms with Gasteiger partial charge in [-0.15, -0.1) is 11.3 Å². The number of aromatic nitrogens is 3. The molecule has 0 aromatic carbocycles. The fraction of sp³-hybridized carbons (Fsp3) is 0.400. The first kappa shape index (κ1) is 20.8. The van der Waals surface area contributed by atoms with Crippen molar-refractivity contribution in [2.45, 2.75) is 6.92 Å². The monoisotopic (exact) mass is 447 g/mol. The smallest absolute Gasteiger partial charge is 0.348 e. The number of nitrogens with zero attached hydrogens (tertiary/aromatic N) is 5. The molecule has 1 aliphatic heterocycles. The van der Waals surface area contributed by atoms with E-state index in [1.807, 2.05) is 25.1 Å². The molecule has 3 aromatic rings. The summed E-state index contributed by atoms with van der Waals surface area (Å²) in [4.78, 5) is 31.4. The van der Waals surface area contributed by atoms with Crippen LogP contribution in [0.4, 0.5) is 11.6 Å². The predicted molar refractivity (Wildman–Crippen MR) is 118 cm³/mol. The maximum atomic E-state index is 12.5. The first-order valence-electron chi connectivity index (χ1n) is 9.62. The van der Waals surface area contributed by atoms with Gasteiger partial charge in [0.05, 0.1) is 12.0 Å². The second-order valence-electron chi connectivity index (χ2n) is 6.84. The lowest BCUT2D eigenvalue weighted by atomic mass is 10.2. The highest BCUT2D eigenvalue weighted by atomic mass is 35.5. The number of piperazine rings is 1. The molecule has 0 amide bonds. The minimum atomic E-state index is -0.380. The third-order valence-electron chi connectivity index (χ3n) is 5.00. The number of hydrogen-bond donors (Lipinski definition) is 0. The number of methoxy groups -OCH3 is 1. The number of rotatable bonds is 6. The van der Waals surface area contributed by atoms with Gasteiger partial charge < -0.3 is 19.3 Å². The molecule has 0 bridgehead atoms. The fourth-order valence-corrected chi connectivity index (χ4v) is 4.77. The van der Waals surface area contributed by atoms with Gasteiger partial charge in [-0.05, 0) is 36.2 Å². The summed E-state index contributed by atoms with van der Waals surface area (Å²) < 4.78 is 10.2. The number of carbonyl (C=O) groups is 1. The van der Waals surface area contributed by atoms with Crippen molar-refractivity contribution in [3.63, 3.8) is 0 Å². The molecule has 3 aromatic heterocycles. The Labute approximate surface area is 183 Å². The van der Waals surface area contributed by atoms with E-state index >= 15 is 0 Å². The molecule has 1 saturated heterocycles. The zero-order valence-corrected chi connectivity index (χ0v) is 18.4. The van der Waals surface area contributed by atoms with E-state index in [4.69, 9.17) is 21.1 Å². The van der Waals surface area contributed by atoms with Gasteiger partial charge >= 0.3 is 5.97 Å². The minimum Gasteiger partial charge on any atom is -0.459 e. The van der Waals surface area contributed by atoms with Crippen LogP contribution in [0.5, 0.6) is 0 Å².